The Morgan fingerprint density at radius 3 is 2.65 bits per heavy atom. The third-order valence-electron chi connectivity index (χ3n) is 5.35. The second-order valence-electron chi connectivity index (χ2n) is 6.96. The lowest BCUT2D eigenvalue weighted by Gasteiger charge is -2.35. The quantitative estimate of drug-likeness (QED) is 0.826. The molecule has 1 amide bonds. The van der Waals surface area contributed by atoms with E-state index in [2.05, 4.69) is 17.9 Å². The fraction of sp³-hybridized carbons (Fsp3) is 0.579. The van der Waals surface area contributed by atoms with Gasteiger partial charge in [0, 0.05) is 32.1 Å². The van der Waals surface area contributed by atoms with Crippen LogP contribution in [0.15, 0.2) is 12.1 Å². The molecule has 0 N–H and O–H groups in total. The van der Waals surface area contributed by atoms with Gasteiger partial charge in [-0.3, -0.25) is 4.79 Å². The predicted octanol–water partition coefficient (Wildman–Crippen LogP) is 2.69. The number of piperidine rings is 1. The third-order valence-corrected chi connectivity index (χ3v) is 6.60. The Morgan fingerprint density at radius 2 is 1.96 bits per heavy atom. The van der Waals surface area contributed by atoms with Gasteiger partial charge in [0.2, 0.25) is 5.91 Å². The van der Waals surface area contributed by atoms with Gasteiger partial charge in [0.15, 0.2) is 5.13 Å². The van der Waals surface area contributed by atoms with Gasteiger partial charge in [-0.25, -0.2) is 4.98 Å². The van der Waals surface area contributed by atoms with Crippen molar-refractivity contribution in [3.8, 4) is 5.75 Å². The van der Waals surface area contributed by atoms with Crippen LogP contribution in [0.5, 0.6) is 5.75 Å². The van der Waals surface area contributed by atoms with Crippen LogP contribution in [0.4, 0.5) is 5.13 Å². The Bertz CT molecular complexity index is 793. The maximum atomic E-state index is 12.7. The number of ether oxygens (including phenoxy) is 2. The summed E-state index contributed by atoms with van der Waals surface area (Å²) in [6.07, 6.45) is 1.78. The first kappa shape index (κ1) is 17.5. The summed E-state index contributed by atoms with van der Waals surface area (Å²) in [6.45, 7) is 6.65. The zero-order valence-corrected chi connectivity index (χ0v) is 16.2. The number of fused-ring (bicyclic) bond motifs is 1. The molecule has 2 fully saturated rings. The number of carbonyl (C=O) groups excluding carboxylic acids is 1. The van der Waals surface area contributed by atoms with Crippen LogP contribution < -0.4 is 9.64 Å². The molecule has 0 unspecified atom stereocenters. The van der Waals surface area contributed by atoms with E-state index < -0.39 is 0 Å². The van der Waals surface area contributed by atoms with Crippen LogP contribution in [0.25, 0.3) is 10.2 Å². The number of methoxy groups -OCH3 is 1. The van der Waals surface area contributed by atoms with Crippen molar-refractivity contribution in [1.82, 2.24) is 9.88 Å². The van der Waals surface area contributed by atoms with Gasteiger partial charge in [-0.1, -0.05) is 17.4 Å². The number of morpholine rings is 1. The number of aryl methyl sites for hydroxylation is 1. The van der Waals surface area contributed by atoms with Crippen LogP contribution in [0.3, 0.4) is 0 Å². The Hall–Kier alpha value is -1.86. The molecule has 0 radical (unpaired) electrons. The van der Waals surface area contributed by atoms with Gasteiger partial charge in [0.1, 0.15) is 11.3 Å². The molecule has 0 saturated carbocycles. The first-order valence-corrected chi connectivity index (χ1v) is 10.0. The Kier molecular flexibility index (Phi) is 5.00. The fourth-order valence-electron chi connectivity index (χ4n) is 3.76. The number of hydrogen-bond donors (Lipinski definition) is 0. The standard InChI is InChI=1S/C19H25N3O3S/c1-13-3-4-15(24-2)16-17(13)26-19(20-16)22-7-5-14(6-8-22)18(23)21-9-11-25-12-10-21/h3-4,14H,5-12H2,1-2H3. The number of hydrogen-bond acceptors (Lipinski definition) is 6. The van der Waals surface area contributed by atoms with E-state index in [9.17, 15) is 4.79 Å². The van der Waals surface area contributed by atoms with Crippen molar-refractivity contribution in [2.45, 2.75) is 19.8 Å². The van der Waals surface area contributed by atoms with Gasteiger partial charge >= 0.3 is 0 Å². The maximum Gasteiger partial charge on any atom is 0.225 e. The molecule has 0 aliphatic carbocycles. The highest BCUT2D eigenvalue weighted by Crippen LogP contribution is 2.37. The Morgan fingerprint density at radius 1 is 1.23 bits per heavy atom. The minimum absolute atomic E-state index is 0.134. The molecule has 26 heavy (non-hydrogen) atoms. The topological polar surface area (TPSA) is 54.9 Å². The highest BCUT2D eigenvalue weighted by Gasteiger charge is 2.30. The number of carbonyl (C=O) groups is 1. The van der Waals surface area contributed by atoms with E-state index >= 15 is 0 Å². The minimum atomic E-state index is 0.134. The summed E-state index contributed by atoms with van der Waals surface area (Å²) in [6, 6.07) is 4.06. The summed E-state index contributed by atoms with van der Waals surface area (Å²) < 4.78 is 12.0. The SMILES string of the molecule is COc1ccc(C)c2sc(N3CCC(C(=O)N4CCOCC4)CC3)nc12. The zero-order chi connectivity index (χ0) is 18.1. The van der Waals surface area contributed by atoms with Crippen molar-refractivity contribution >= 4 is 32.6 Å². The predicted molar refractivity (Wildman–Crippen MR) is 103 cm³/mol. The summed E-state index contributed by atoms with van der Waals surface area (Å²) in [5.74, 6) is 1.26. The van der Waals surface area contributed by atoms with Crippen LogP contribution in [0.2, 0.25) is 0 Å². The second-order valence-corrected chi connectivity index (χ2v) is 7.94. The van der Waals surface area contributed by atoms with Gasteiger partial charge in [0.05, 0.1) is 25.0 Å². The number of aromatic nitrogens is 1. The summed E-state index contributed by atoms with van der Waals surface area (Å²) in [7, 11) is 1.69. The fourth-order valence-corrected chi connectivity index (χ4v) is 4.86. The van der Waals surface area contributed by atoms with Crippen LogP contribution in [-0.4, -0.2) is 62.3 Å². The van der Waals surface area contributed by atoms with Crippen LogP contribution >= 0.6 is 11.3 Å². The smallest absolute Gasteiger partial charge is 0.225 e. The van der Waals surface area contributed by atoms with E-state index in [1.54, 1.807) is 18.4 Å². The number of rotatable bonds is 3. The van der Waals surface area contributed by atoms with Gasteiger partial charge in [-0.2, -0.15) is 0 Å². The van der Waals surface area contributed by atoms with Crippen LogP contribution in [0.1, 0.15) is 18.4 Å². The average Bonchev–Trinajstić information content (AvgIpc) is 3.15. The Balaban J connectivity index is 1.45. The molecule has 2 aliphatic heterocycles. The van der Waals surface area contributed by atoms with E-state index in [-0.39, 0.29) is 5.92 Å². The van der Waals surface area contributed by atoms with Crippen molar-refractivity contribution in [3.05, 3.63) is 17.7 Å². The molecule has 0 bridgehead atoms. The van der Waals surface area contributed by atoms with Gasteiger partial charge in [0.25, 0.3) is 0 Å². The average molecular weight is 375 g/mol. The molecule has 0 atom stereocenters. The number of amides is 1. The minimum Gasteiger partial charge on any atom is -0.494 e. The van der Waals surface area contributed by atoms with Crippen molar-refractivity contribution in [1.29, 1.82) is 0 Å². The normalized spacial score (nSPS) is 19.2. The van der Waals surface area contributed by atoms with E-state index in [1.807, 2.05) is 11.0 Å². The third kappa shape index (κ3) is 3.25. The molecule has 1 aromatic carbocycles. The first-order chi connectivity index (χ1) is 12.7. The highest BCUT2D eigenvalue weighted by atomic mass is 32.1. The number of anilines is 1. The lowest BCUT2D eigenvalue weighted by atomic mass is 9.95. The van der Waals surface area contributed by atoms with Gasteiger partial charge in [-0.05, 0) is 31.4 Å². The van der Waals surface area contributed by atoms with Crippen LogP contribution in [0, 0.1) is 12.8 Å². The molecular formula is C19H25N3O3S. The summed E-state index contributed by atoms with van der Waals surface area (Å²) in [5, 5.41) is 1.03. The molecule has 7 heteroatoms. The largest absolute Gasteiger partial charge is 0.494 e. The van der Waals surface area contributed by atoms with Crippen LogP contribution in [-0.2, 0) is 9.53 Å². The number of nitrogens with zero attached hydrogens (tertiary/aromatic N) is 3. The van der Waals surface area contributed by atoms with E-state index in [0.717, 1.165) is 55.4 Å². The lowest BCUT2D eigenvalue weighted by Crippen LogP contribution is -2.46. The molecular weight excluding hydrogens is 350 g/mol. The first-order valence-electron chi connectivity index (χ1n) is 9.23. The van der Waals surface area contributed by atoms with Crippen molar-refractivity contribution in [3.63, 3.8) is 0 Å². The summed E-state index contributed by atoms with van der Waals surface area (Å²) in [4.78, 5) is 21.8. The molecule has 2 aromatic rings. The number of benzene rings is 1. The van der Waals surface area contributed by atoms with E-state index in [1.165, 1.54) is 10.3 Å². The Labute approximate surface area is 157 Å². The molecule has 6 nitrogen and oxygen atoms in total. The molecule has 4 rings (SSSR count). The monoisotopic (exact) mass is 375 g/mol. The summed E-state index contributed by atoms with van der Waals surface area (Å²) >= 11 is 1.72. The van der Waals surface area contributed by atoms with Gasteiger partial charge < -0.3 is 19.3 Å². The van der Waals surface area contributed by atoms with Gasteiger partial charge in [-0.15, -0.1) is 0 Å². The summed E-state index contributed by atoms with van der Waals surface area (Å²) in [5.41, 5.74) is 2.17. The van der Waals surface area contributed by atoms with E-state index in [4.69, 9.17) is 14.5 Å². The lowest BCUT2D eigenvalue weighted by molar-refractivity contribution is -0.140. The number of thiazole rings is 1. The molecule has 2 aliphatic rings. The molecule has 2 saturated heterocycles. The van der Waals surface area contributed by atoms with Crippen molar-refractivity contribution in [2.75, 3.05) is 51.4 Å². The molecule has 140 valence electrons. The van der Waals surface area contributed by atoms with Crippen molar-refractivity contribution < 1.29 is 14.3 Å². The molecule has 3 heterocycles. The maximum absolute atomic E-state index is 12.7. The molecule has 1 aromatic heterocycles. The molecule has 0 spiro atoms. The second kappa shape index (κ2) is 7.40. The zero-order valence-electron chi connectivity index (χ0n) is 15.4. The highest BCUT2D eigenvalue weighted by molar-refractivity contribution is 7.22. The van der Waals surface area contributed by atoms with E-state index in [0.29, 0.717) is 19.1 Å². The van der Waals surface area contributed by atoms with Crippen molar-refractivity contribution in [2.24, 2.45) is 5.92 Å².